The normalized spacial score (nSPS) is 11.9. The second-order valence-electron chi connectivity index (χ2n) is 5.20. The third kappa shape index (κ3) is 6.44. The number of sulfone groups is 1. The van der Waals surface area contributed by atoms with E-state index < -0.39 is 15.7 Å². The maximum atomic E-state index is 13.8. The van der Waals surface area contributed by atoms with Crippen molar-refractivity contribution in [2.24, 2.45) is 0 Å². The van der Waals surface area contributed by atoms with E-state index in [1.165, 1.54) is 6.07 Å². The highest BCUT2D eigenvalue weighted by atomic mass is 32.2. The molecule has 0 spiro atoms. The van der Waals surface area contributed by atoms with Gasteiger partial charge in [0.2, 0.25) is 0 Å². The minimum atomic E-state index is -3.00. The van der Waals surface area contributed by atoms with Gasteiger partial charge < -0.3 is 10.1 Å². The van der Waals surface area contributed by atoms with Crippen LogP contribution < -0.4 is 10.1 Å². The van der Waals surface area contributed by atoms with Crippen molar-refractivity contribution in [1.29, 1.82) is 0 Å². The number of halogens is 1. The molecule has 4 nitrogen and oxygen atoms in total. The SMILES string of the molecule is CCS(=O)(=O)CCCOc1c(F)cccc1CNC(C)C. The smallest absolute Gasteiger partial charge is 0.165 e. The summed E-state index contributed by atoms with van der Waals surface area (Å²) in [5.41, 5.74) is 0.738. The molecule has 0 atom stereocenters. The van der Waals surface area contributed by atoms with Crippen LogP contribution in [-0.4, -0.2) is 32.6 Å². The van der Waals surface area contributed by atoms with Crippen LogP contribution in [0.2, 0.25) is 0 Å². The van der Waals surface area contributed by atoms with Crippen molar-refractivity contribution in [3.8, 4) is 5.75 Å². The average Bonchev–Trinajstić information content (AvgIpc) is 2.43. The number of benzene rings is 1. The largest absolute Gasteiger partial charge is 0.490 e. The third-order valence-corrected chi connectivity index (χ3v) is 4.83. The number of para-hydroxylation sites is 1. The van der Waals surface area contributed by atoms with Crippen LogP contribution in [0.4, 0.5) is 4.39 Å². The van der Waals surface area contributed by atoms with Crippen LogP contribution in [0.25, 0.3) is 0 Å². The van der Waals surface area contributed by atoms with Gasteiger partial charge in [-0.3, -0.25) is 0 Å². The van der Waals surface area contributed by atoms with Gasteiger partial charge in [-0.25, -0.2) is 12.8 Å². The summed E-state index contributed by atoms with van der Waals surface area (Å²) < 4.78 is 42.1. The summed E-state index contributed by atoms with van der Waals surface area (Å²) in [6.45, 7) is 6.33. The summed E-state index contributed by atoms with van der Waals surface area (Å²) in [6.07, 6.45) is 0.363. The molecular weight excluding hydrogens is 293 g/mol. The standard InChI is InChI=1S/C15H24FNO3S/c1-4-21(18,19)10-6-9-20-15-13(11-17-12(2)3)7-5-8-14(15)16/h5,7-8,12,17H,4,6,9-11H2,1-3H3. The van der Waals surface area contributed by atoms with E-state index in [4.69, 9.17) is 4.74 Å². The summed E-state index contributed by atoms with van der Waals surface area (Å²) in [6, 6.07) is 5.07. The van der Waals surface area contributed by atoms with Crippen LogP contribution in [-0.2, 0) is 16.4 Å². The molecule has 1 aromatic rings. The first-order valence-corrected chi connectivity index (χ1v) is 9.02. The summed E-state index contributed by atoms with van der Waals surface area (Å²) in [5, 5.41) is 3.21. The van der Waals surface area contributed by atoms with Gasteiger partial charge in [0, 0.05) is 23.9 Å². The second kappa shape index (κ2) is 8.34. The van der Waals surface area contributed by atoms with E-state index in [1.54, 1.807) is 19.1 Å². The number of ether oxygens (including phenoxy) is 1. The molecule has 6 heteroatoms. The Labute approximate surface area is 126 Å². The lowest BCUT2D eigenvalue weighted by atomic mass is 10.2. The maximum Gasteiger partial charge on any atom is 0.165 e. The maximum absolute atomic E-state index is 13.8. The minimum Gasteiger partial charge on any atom is -0.490 e. The lowest BCUT2D eigenvalue weighted by Gasteiger charge is -2.14. The van der Waals surface area contributed by atoms with Crippen molar-refractivity contribution < 1.29 is 17.5 Å². The predicted octanol–water partition coefficient (Wildman–Crippen LogP) is 2.53. The van der Waals surface area contributed by atoms with Crippen molar-refractivity contribution in [3.05, 3.63) is 29.6 Å². The molecule has 0 fully saturated rings. The summed E-state index contributed by atoms with van der Waals surface area (Å²) >= 11 is 0. The molecule has 1 rings (SSSR count). The van der Waals surface area contributed by atoms with Gasteiger partial charge in [0.1, 0.15) is 9.84 Å². The highest BCUT2D eigenvalue weighted by molar-refractivity contribution is 7.91. The highest BCUT2D eigenvalue weighted by Gasteiger charge is 2.11. The van der Waals surface area contributed by atoms with Crippen molar-refractivity contribution in [2.45, 2.75) is 39.8 Å². The Balaban J connectivity index is 2.61. The molecule has 0 amide bonds. The molecule has 0 saturated carbocycles. The molecule has 0 radical (unpaired) electrons. The molecule has 0 aliphatic rings. The first kappa shape index (κ1) is 17.9. The van der Waals surface area contributed by atoms with E-state index in [0.717, 1.165) is 5.56 Å². The Bertz CT molecular complexity index is 544. The second-order valence-corrected chi connectivity index (χ2v) is 7.67. The van der Waals surface area contributed by atoms with Crippen LogP contribution in [0.1, 0.15) is 32.8 Å². The Kier molecular flexibility index (Phi) is 7.11. The Hall–Kier alpha value is -1.14. The first-order chi connectivity index (χ1) is 9.85. The van der Waals surface area contributed by atoms with E-state index in [-0.39, 0.29) is 29.9 Å². The minimum absolute atomic E-state index is 0.0670. The molecule has 21 heavy (non-hydrogen) atoms. The van der Waals surface area contributed by atoms with Crippen molar-refractivity contribution in [2.75, 3.05) is 18.1 Å². The van der Waals surface area contributed by atoms with E-state index in [1.807, 2.05) is 13.8 Å². The van der Waals surface area contributed by atoms with Gasteiger partial charge in [0.05, 0.1) is 12.4 Å². The predicted molar refractivity (Wildman–Crippen MR) is 82.8 cm³/mol. The van der Waals surface area contributed by atoms with Crippen molar-refractivity contribution >= 4 is 9.84 Å². The zero-order valence-corrected chi connectivity index (χ0v) is 13.7. The zero-order chi connectivity index (χ0) is 15.9. The monoisotopic (exact) mass is 317 g/mol. The molecule has 120 valence electrons. The van der Waals surface area contributed by atoms with Gasteiger partial charge in [0.15, 0.2) is 11.6 Å². The van der Waals surface area contributed by atoms with E-state index in [9.17, 15) is 12.8 Å². The molecule has 0 bridgehead atoms. The van der Waals surface area contributed by atoms with E-state index >= 15 is 0 Å². The van der Waals surface area contributed by atoms with Crippen LogP contribution in [0.15, 0.2) is 18.2 Å². The molecule has 0 aliphatic heterocycles. The molecular formula is C15H24FNO3S. The van der Waals surface area contributed by atoms with E-state index in [2.05, 4.69) is 5.32 Å². The van der Waals surface area contributed by atoms with Crippen LogP contribution in [0.3, 0.4) is 0 Å². The van der Waals surface area contributed by atoms with Gasteiger partial charge in [-0.2, -0.15) is 0 Å². The van der Waals surface area contributed by atoms with Crippen molar-refractivity contribution in [3.63, 3.8) is 0 Å². The topological polar surface area (TPSA) is 55.4 Å². The van der Waals surface area contributed by atoms with Gasteiger partial charge in [-0.15, -0.1) is 0 Å². The lowest BCUT2D eigenvalue weighted by molar-refractivity contribution is 0.297. The molecule has 0 aromatic heterocycles. The van der Waals surface area contributed by atoms with Gasteiger partial charge >= 0.3 is 0 Å². The summed E-state index contributed by atoms with van der Waals surface area (Å²) in [7, 11) is -3.00. The number of hydrogen-bond acceptors (Lipinski definition) is 4. The Morgan fingerprint density at radius 1 is 1.33 bits per heavy atom. The van der Waals surface area contributed by atoms with Gasteiger partial charge in [-0.05, 0) is 12.5 Å². The Morgan fingerprint density at radius 2 is 2.05 bits per heavy atom. The first-order valence-electron chi connectivity index (χ1n) is 7.19. The highest BCUT2D eigenvalue weighted by Crippen LogP contribution is 2.23. The molecule has 1 N–H and O–H groups in total. The molecule has 1 aromatic carbocycles. The molecule has 0 unspecified atom stereocenters. The number of hydrogen-bond donors (Lipinski definition) is 1. The van der Waals surface area contributed by atoms with Crippen molar-refractivity contribution in [1.82, 2.24) is 5.32 Å². The molecule has 0 heterocycles. The third-order valence-electron chi connectivity index (χ3n) is 3.04. The van der Waals surface area contributed by atoms with Crippen LogP contribution >= 0.6 is 0 Å². The summed E-state index contributed by atoms with van der Waals surface area (Å²) in [5.74, 6) is -0.0238. The fraction of sp³-hybridized carbons (Fsp3) is 0.600. The lowest BCUT2D eigenvalue weighted by Crippen LogP contribution is -2.22. The average molecular weight is 317 g/mol. The molecule has 0 saturated heterocycles. The van der Waals surface area contributed by atoms with E-state index in [0.29, 0.717) is 13.0 Å². The van der Waals surface area contributed by atoms with Gasteiger partial charge in [-0.1, -0.05) is 32.9 Å². The number of nitrogens with one attached hydrogen (secondary N) is 1. The summed E-state index contributed by atoms with van der Waals surface area (Å²) in [4.78, 5) is 0. The fourth-order valence-electron chi connectivity index (χ4n) is 1.77. The molecule has 0 aliphatic carbocycles. The zero-order valence-electron chi connectivity index (χ0n) is 12.9. The fourth-order valence-corrected chi connectivity index (χ4v) is 2.61. The quantitative estimate of drug-likeness (QED) is 0.711. The van der Waals surface area contributed by atoms with Crippen LogP contribution in [0.5, 0.6) is 5.75 Å². The Morgan fingerprint density at radius 3 is 2.67 bits per heavy atom. The van der Waals surface area contributed by atoms with Gasteiger partial charge in [0.25, 0.3) is 0 Å². The number of rotatable bonds is 9. The van der Waals surface area contributed by atoms with Crippen LogP contribution in [0, 0.1) is 5.82 Å².